The Morgan fingerprint density at radius 1 is 1.53 bits per heavy atom. The van der Waals surface area contributed by atoms with Crippen LogP contribution in [0.2, 0.25) is 0 Å². The molecule has 2 aromatic rings. The number of nitrogen functional groups attached to an aromatic ring is 1. The minimum atomic E-state index is -1.01. The zero-order chi connectivity index (χ0) is 12.6. The number of rotatable bonds is 2. The number of hydrogen-bond donors (Lipinski definition) is 2. The van der Waals surface area contributed by atoms with Crippen LogP contribution < -0.4 is 5.73 Å². The van der Waals surface area contributed by atoms with E-state index in [1.54, 1.807) is 37.0 Å². The van der Waals surface area contributed by atoms with Crippen molar-refractivity contribution in [1.82, 2.24) is 9.55 Å². The maximum Gasteiger partial charge on any atom is 0.339 e. The van der Waals surface area contributed by atoms with Crippen molar-refractivity contribution in [2.24, 2.45) is 7.05 Å². The van der Waals surface area contributed by atoms with Crippen LogP contribution in [0.5, 0.6) is 0 Å². The molecule has 5 nitrogen and oxygen atoms in total. The Bertz CT molecular complexity index is 573. The quantitative estimate of drug-likeness (QED) is 0.823. The van der Waals surface area contributed by atoms with Gasteiger partial charge in [0, 0.05) is 30.7 Å². The van der Waals surface area contributed by atoms with E-state index in [2.05, 4.69) is 4.98 Å². The summed E-state index contributed by atoms with van der Waals surface area (Å²) in [5.41, 5.74) is 8.48. The lowest BCUT2D eigenvalue weighted by molar-refractivity contribution is 0.0697. The van der Waals surface area contributed by atoms with Crippen LogP contribution in [0.15, 0.2) is 24.5 Å². The molecule has 17 heavy (non-hydrogen) atoms. The minimum Gasteiger partial charge on any atom is -0.478 e. The molecule has 0 aliphatic carbocycles. The largest absolute Gasteiger partial charge is 0.478 e. The third-order valence-corrected chi connectivity index (χ3v) is 2.87. The summed E-state index contributed by atoms with van der Waals surface area (Å²) in [6.45, 7) is 1.74. The topological polar surface area (TPSA) is 81.1 Å². The summed E-state index contributed by atoms with van der Waals surface area (Å²) in [5, 5.41) is 9.12. The van der Waals surface area contributed by atoms with Crippen LogP contribution in [-0.4, -0.2) is 20.6 Å². The van der Waals surface area contributed by atoms with E-state index in [-0.39, 0.29) is 11.3 Å². The van der Waals surface area contributed by atoms with Crippen molar-refractivity contribution in [2.75, 3.05) is 5.73 Å². The van der Waals surface area contributed by atoms with Gasteiger partial charge in [0.25, 0.3) is 0 Å². The maximum atomic E-state index is 11.1. The van der Waals surface area contributed by atoms with Gasteiger partial charge in [-0.25, -0.2) is 4.79 Å². The molecule has 0 aliphatic heterocycles. The Morgan fingerprint density at radius 2 is 2.24 bits per heavy atom. The molecule has 2 rings (SSSR count). The van der Waals surface area contributed by atoms with Gasteiger partial charge in [0.2, 0.25) is 0 Å². The molecule has 0 saturated heterocycles. The molecule has 0 atom stereocenters. The van der Waals surface area contributed by atoms with Crippen molar-refractivity contribution in [1.29, 1.82) is 0 Å². The summed E-state index contributed by atoms with van der Waals surface area (Å²) in [5.74, 6) is -1.01. The van der Waals surface area contributed by atoms with Crippen LogP contribution in [0.4, 0.5) is 5.69 Å². The number of carbonyl (C=O) groups is 1. The number of nitrogens with two attached hydrogens (primary N) is 1. The first-order valence-electron chi connectivity index (χ1n) is 5.12. The number of pyridine rings is 1. The number of carboxylic acids is 1. The van der Waals surface area contributed by atoms with Crippen LogP contribution in [0.1, 0.15) is 16.1 Å². The molecule has 5 heteroatoms. The summed E-state index contributed by atoms with van der Waals surface area (Å²) in [7, 11) is 1.79. The minimum absolute atomic E-state index is 0.159. The second-order valence-electron chi connectivity index (χ2n) is 3.83. The number of carboxylic acid groups (broad SMARTS) is 1. The standard InChI is InChI=1S/C12H13N3O2/c1-7-9(12(16)17)10(13)11(15(7)2)8-4-3-5-14-6-8/h3-6H,13H2,1-2H3,(H,16,17). The number of nitrogens with zero attached hydrogens (tertiary/aromatic N) is 2. The number of aromatic nitrogens is 2. The van der Waals surface area contributed by atoms with E-state index in [0.29, 0.717) is 11.4 Å². The molecule has 0 aliphatic rings. The Kier molecular flexibility index (Phi) is 2.59. The number of aromatic carboxylic acids is 1. The lowest BCUT2D eigenvalue weighted by Gasteiger charge is -2.05. The number of hydrogen-bond acceptors (Lipinski definition) is 3. The fourth-order valence-electron chi connectivity index (χ4n) is 1.95. The average Bonchev–Trinajstić information content (AvgIpc) is 2.51. The Hall–Kier alpha value is -2.30. The van der Waals surface area contributed by atoms with Gasteiger partial charge in [-0.15, -0.1) is 0 Å². The van der Waals surface area contributed by atoms with Gasteiger partial charge in [-0.2, -0.15) is 0 Å². The van der Waals surface area contributed by atoms with Gasteiger partial charge in [-0.1, -0.05) is 0 Å². The van der Waals surface area contributed by atoms with Crippen molar-refractivity contribution in [3.05, 3.63) is 35.8 Å². The normalized spacial score (nSPS) is 10.5. The van der Waals surface area contributed by atoms with Crippen molar-refractivity contribution in [3.8, 4) is 11.3 Å². The van der Waals surface area contributed by atoms with E-state index in [4.69, 9.17) is 10.8 Å². The predicted octanol–water partition coefficient (Wildman–Crippen LogP) is 1.68. The van der Waals surface area contributed by atoms with Gasteiger partial charge in [0.1, 0.15) is 5.56 Å². The first kappa shape index (κ1) is 11.2. The number of anilines is 1. The second kappa shape index (κ2) is 3.93. The summed E-state index contributed by atoms with van der Waals surface area (Å²) in [4.78, 5) is 15.1. The van der Waals surface area contributed by atoms with Gasteiger partial charge in [0.05, 0.1) is 11.4 Å². The lowest BCUT2D eigenvalue weighted by Crippen LogP contribution is -2.01. The molecule has 0 bridgehead atoms. The molecular weight excluding hydrogens is 218 g/mol. The molecular formula is C12H13N3O2. The van der Waals surface area contributed by atoms with Gasteiger partial charge < -0.3 is 15.4 Å². The van der Waals surface area contributed by atoms with Crippen LogP contribution in [0.3, 0.4) is 0 Å². The van der Waals surface area contributed by atoms with Crippen LogP contribution in [0.25, 0.3) is 11.3 Å². The van der Waals surface area contributed by atoms with Crippen LogP contribution in [0, 0.1) is 6.92 Å². The van der Waals surface area contributed by atoms with Crippen LogP contribution in [-0.2, 0) is 7.05 Å². The van der Waals surface area contributed by atoms with Gasteiger partial charge in [-0.3, -0.25) is 4.98 Å². The summed E-state index contributed by atoms with van der Waals surface area (Å²) in [6, 6.07) is 3.64. The monoisotopic (exact) mass is 231 g/mol. The van der Waals surface area contributed by atoms with E-state index in [0.717, 1.165) is 5.56 Å². The summed E-state index contributed by atoms with van der Waals surface area (Å²) < 4.78 is 1.77. The molecule has 2 aromatic heterocycles. The van der Waals surface area contributed by atoms with Gasteiger partial charge in [-0.05, 0) is 19.1 Å². The molecule has 0 unspecified atom stereocenters. The molecule has 0 spiro atoms. The van der Waals surface area contributed by atoms with E-state index >= 15 is 0 Å². The van der Waals surface area contributed by atoms with Gasteiger partial charge in [0.15, 0.2) is 0 Å². The Morgan fingerprint density at radius 3 is 2.71 bits per heavy atom. The van der Waals surface area contributed by atoms with Crippen LogP contribution >= 0.6 is 0 Å². The molecule has 88 valence electrons. The molecule has 0 aromatic carbocycles. The van der Waals surface area contributed by atoms with E-state index in [1.807, 2.05) is 6.07 Å². The maximum absolute atomic E-state index is 11.1. The summed E-state index contributed by atoms with van der Waals surface area (Å²) in [6.07, 6.45) is 3.32. The predicted molar refractivity (Wildman–Crippen MR) is 64.8 cm³/mol. The highest BCUT2D eigenvalue weighted by molar-refractivity contribution is 5.99. The Labute approximate surface area is 98.5 Å². The van der Waals surface area contributed by atoms with E-state index < -0.39 is 5.97 Å². The molecule has 3 N–H and O–H groups in total. The highest BCUT2D eigenvalue weighted by Crippen LogP contribution is 2.32. The Balaban J connectivity index is 2.72. The smallest absolute Gasteiger partial charge is 0.339 e. The SMILES string of the molecule is Cc1c(C(=O)O)c(N)c(-c2cccnc2)n1C. The van der Waals surface area contributed by atoms with E-state index in [9.17, 15) is 4.79 Å². The molecule has 0 amide bonds. The van der Waals surface area contributed by atoms with Gasteiger partial charge >= 0.3 is 5.97 Å². The van der Waals surface area contributed by atoms with E-state index in [1.165, 1.54) is 0 Å². The van der Waals surface area contributed by atoms with Crippen molar-refractivity contribution >= 4 is 11.7 Å². The van der Waals surface area contributed by atoms with Crippen molar-refractivity contribution in [3.63, 3.8) is 0 Å². The zero-order valence-corrected chi connectivity index (χ0v) is 9.64. The fourth-order valence-corrected chi connectivity index (χ4v) is 1.95. The first-order valence-corrected chi connectivity index (χ1v) is 5.12. The first-order chi connectivity index (χ1) is 8.04. The third-order valence-electron chi connectivity index (χ3n) is 2.87. The molecule has 2 heterocycles. The highest BCUT2D eigenvalue weighted by Gasteiger charge is 2.21. The summed E-state index contributed by atoms with van der Waals surface area (Å²) >= 11 is 0. The van der Waals surface area contributed by atoms with Crippen molar-refractivity contribution < 1.29 is 9.90 Å². The average molecular weight is 231 g/mol. The molecule has 0 fully saturated rings. The zero-order valence-electron chi connectivity index (χ0n) is 9.64. The fraction of sp³-hybridized carbons (Fsp3) is 0.167. The lowest BCUT2D eigenvalue weighted by atomic mass is 10.1. The molecule has 0 saturated carbocycles. The third kappa shape index (κ3) is 1.65. The molecule has 0 radical (unpaired) electrons. The highest BCUT2D eigenvalue weighted by atomic mass is 16.4. The second-order valence-corrected chi connectivity index (χ2v) is 3.83. The van der Waals surface area contributed by atoms with Crippen molar-refractivity contribution in [2.45, 2.75) is 6.92 Å².